The number of carbonyl (C=O) groups excluding carboxylic acids is 3. The predicted octanol–water partition coefficient (Wildman–Crippen LogP) is 4.66. The van der Waals surface area contributed by atoms with Crippen LogP contribution in [0.2, 0.25) is 5.02 Å². The molecule has 8 nitrogen and oxygen atoms in total. The van der Waals surface area contributed by atoms with E-state index >= 15 is 0 Å². The predicted molar refractivity (Wildman–Crippen MR) is 132 cm³/mol. The number of benzene rings is 2. The summed E-state index contributed by atoms with van der Waals surface area (Å²) >= 11 is 5.99. The molecule has 0 N–H and O–H groups in total. The summed E-state index contributed by atoms with van der Waals surface area (Å²) in [6, 6.07) is 9.60. The smallest absolute Gasteiger partial charge is 0.416 e. The lowest BCUT2D eigenvalue weighted by Gasteiger charge is -2.27. The van der Waals surface area contributed by atoms with Gasteiger partial charge in [-0.2, -0.15) is 18.3 Å². The number of imide groups is 1. The van der Waals surface area contributed by atoms with Crippen molar-refractivity contribution in [3.05, 3.63) is 64.7 Å². The quantitative estimate of drug-likeness (QED) is 0.500. The molecule has 1 unspecified atom stereocenters. The molecule has 2 aromatic carbocycles. The van der Waals surface area contributed by atoms with Crippen LogP contribution < -0.4 is 4.90 Å². The number of hydrazone groups is 1. The van der Waals surface area contributed by atoms with Crippen molar-refractivity contribution >= 4 is 40.9 Å². The van der Waals surface area contributed by atoms with Crippen molar-refractivity contribution in [2.45, 2.75) is 20.0 Å². The van der Waals surface area contributed by atoms with Crippen molar-refractivity contribution in [2.24, 2.45) is 10.5 Å². The number of rotatable bonds is 6. The fourth-order valence-corrected chi connectivity index (χ4v) is 3.97. The zero-order valence-electron chi connectivity index (χ0n) is 20.7. The molecule has 1 aliphatic rings. The monoisotopic (exact) mass is 538 g/mol. The fourth-order valence-electron chi connectivity index (χ4n) is 3.84. The van der Waals surface area contributed by atoms with Crippen LogP contribution in [0.5, 0.6) is 0 Å². The van der Waals surface area contributed by atoms with Crippen LogP contribution in [0, 0.1) is 5.41 Å². The summed E-state index contributed by atoms with van der Waals surface area (Å²) < 4.78 is 44.3. The van der Waals surface area contributed by atoms with E-state index < -0.39 is 41.6 Å². The second-order valence-corrected chi connectivity index (χ2v) is 9.22. The molecule has 0 saturated heterocycles. The van der Waals surface area contributed by atoms with E-state index in [1.165, 1.54) is 19.1 Å². The molecule has 1 atom stereocenters. The highest BCUT2D eigenvalue weighted by Crippen LogP contribution is 2.34. The minimum atomic E-state index is -4.57. The Morgan fingerprint density at radius 2 is 1.68 bits per heavy atom. The summed E-state index contributed by atoms with van der Waals surface area (Å²) in [5.74, 6) is -1.28. The summed E-state index contributed by atoms with van der Waals surface area (Å²) in [7, 11) is 2.83. The summed E-state index contributed by atoms with van der Waals surface area (Å²) in [4.78, 5) is 41.0. The molecule has 37 heavy (non-hydrogen) atoms. The number of ether oxygens (including phenoxy) is 1. The van der Waals surface area contributed by atoms with Gasteiger partial charge in [0.25, 0.3) is 5.91 Å². The van der Waals surface area contributed by atoms with E-state index in [1.54, 1.807) is 38.1 Å². The summed E-state index contributed by atoms with van der Waals surface area (Å²) in [6.45, 7) is 3.01. The standard InChI is InChI=1S/C25H26ClF3N4O4/c1-5-37-22(35)24(2)15-32(30-21(24)16-6-10-18(26)11-7-16)14-20(34)33(23(36)31(3)4)19-12-8-17(9-13-19)25(27,28)29/h6-13H,5,14-15H2,1-4H3. The van der Waals surface area contributed by atoms with Crippen molar-refractivity contribution in [2.75, 3.05) is 38.7 Å². The maximum Gasteiger partial charge on any atom is 0.416 e. The molecule has 198 valence electrons. The van der Waals surface area contributed by atoms with E-state index in [0.29, 0.717) is 16.3 Å². The van der Waals surface area contributed by atoms with Crippen LogP contribution in [-0.2, 0) is 20.5 Å². The third kappa shape index (κ3) is 6.04. The Morgan fingerprint density at radius 1 is 1.08 bits per heavy atom. The Kier molecular flexibility index (Phi) is 8.16. The van der Waals surface area contributed by atoms with Gasteiger partial charge in [0.05, 0.1) is 30.1 Å². The van der Waals surface area contributed by atoms with Gasteiger partial charge in [-0.1, -0.05) is 23.7 Å². The maximum absolute atomic E-state index is 13.3. The summed E-state index contributed by atoms with van der Waals surface area (Å²) in [5.41, 5.74) is -1.22. The number of hydrogen-bond donors (Lipinski definition) is 0. The zero-order valence-corrected chi connectivity index (χ0v) is 21.4. The molecule has 1 aliphatic heterocycles. The lowest BCUT2D eigenvalue weighted by Crippen LogP contribution is -2.48. The lowest BCUT2D eigenvalue weighted by atomic mass is 9.82. The van der Waals surface area contributed by atoms with Gasteiger partial charge in [-0.05, 0) is 55.8 Å². The van der Waals surface area contributed by atoms with Crippen LogP contribution in [-0.4, -0.2) is 67.3 Å². The highest BCUT2D eigenvalue weighted by molar-refractivity contribution is 6.30. The van der Waals surface area contributed by atoms with Gasteiger partial charge < -0.3 is 9.64 Å². The molecule has 3 amide bonds. The zero-order chi connectivity index (χ0) is 27.5. The molecular weight excluding hydrogens is 513 g/mol. The molecule has 2 aromatic rings. The number of hydrogen-bond acceptors (Lipinski definition) is 6. The third-order valence-corrected chi connectivity index (χ3v) is 5.95. The van der Waals surface area contributed by atoms with E-state index in [4.69, 9.17) is 16.3 Å². The highest BCUT2D eigenvalue weighted by atomic mass is 35.5. The second-order valence-electron chi connectivity index (χ2n) is 8.78. The molecule has 0 fully saturated rings. The average Bonchev–Trinajstić information content (AvgIpc) is 3.16. The normalized spacial score (nSPS) is 17.3. The van der Waals surface area contributed by atoms with Gasteiger partial charge in [-0.3, -0.25) is 14.6 Å². The molecule has 0 radical (unpaired) electrons. The Balaban J connectivity index is 1.94. The molecule has 0 aromatic heterocycles. The molecular formula is C25H26ClF3N4O4. The van der Waals surface area contributed by atoms with E-state index in [-0.39, 0.29) is 18.8 Å². The summed E-state index contributed by atoms with van der Waals surface area (Å²) in [6.07, 6.45) is -4.57. The van der Waals surface area contributed by atoms with Crippen LogP contribution >= 0.6 is 11.6 Å². The first kappa shape index (κ1) is 28.0. The van der Waals surface area contributed by atoms with Gasteiger partial charge >= 0.3 is 18.2 Å². The van der Waals surface area contributed by atoms with Crippen molar-refractivity contribution < 1.29 is 32.3 Å². The number of nitrogens with zero attached hydrogens (tertiary/aromatic N) is 4. The van der Waals surface area contributed by atoms with Crippen molar-refractivity contribution in [1.29, 1.82) is 0 Å². The fraction of sp³-hybridized carbons (Fsp3) is 0.360. The second kappa shape index (κ2) is 10.8. The van der Waals surface area contributed by atoms with Crippen LogP contribution in [0.15, 0.2) is 53.6 Å². The van der Waals surface area contributed by atoms with Gasteiger partial charge in [0.1, 0.15) is 12.0 Å². The van der Waals surface area contributed by atoms with E-state index in [1.807, 2.05) is 0 Å². The lowest BCUT2D eigenvalue weighted by molar-refractivity contribution is -0.150. The van der Waals surface area contributed by atoms with Gasteiger partial charge in [0.2, 0.25) is 0 Å². The Labute approximate surface area is 217 Å². The van der Waals surface area contributed by atoms with Crippen LogP contribution in [0.1, 0.15) is 25.0 Å². The molecule has 0 bridgehead atoms. The number of urea groups is 1. The third-order valence-electron chi connectivity index (χ3n) is 5.70. The average molecular weight is 539 g/mol. The number of halogens is 4. The minimum absolute atomic E-state index is 0.0213. The number of amides is 3. The van der Waals surface area contributed by atoms with Crippen LogP contribution in [0.3, 0.4) is 0 Å². The topological polar surface area (TPSA) is 82.5 Å². The van der Waals surface area contributed by atoms with Gasteiger partial charge in [0, 0.05) is 19.1 Å². The Bertz CT molecular complexity index is 1200. The van der Waals surface area contributed by atoms with Crippen molar-refractivity contribution in [3.63, 3.8) is 0 Å². The first-order valence-electron chi connectivity index (χ1n) is 11.3. The van der Waals surface area contributed by atoms with Crippen molar-refractivity contribution in [1.82, 2.24) is 9.91 Å². The van der Waals surface area contributed by atoms with Crippen molar-refractivity contribution in [3.8, 4) is 0 Å². The largest absolute Gasteiger partial charge is 0.465 e. The first-order valence-corrected chi connectivity index (χ1v) is 11.6. The number of carbonyl (C=O) groups is 3. The molecule has 0 aliphatic carbocycles. The highest BCUT2D eigenvalue weighted by Gasteiger charge is 2.47. The summed E-state index contributed by atoms with van der Waals surface area (Å²) in [5, 5.41) is 6.32. The molecule has 0 saturated carbocycles. The van der Waals surface area contributed by atoms with Gasteiger partial charge in [0.15, 0.2) is 0 Å². The van der Waals surface area contributed by atoms with Crippen LogP contribution in [0.4, 0.5) is 23.7 Å². The van der Waals surface area contributed by atoms with E-state index in [0.717, 1.165) is 34.1 Å². The Morgan fingerprint density at radius 3 is 2.19 bits per heavy atom. The van der Waals surface area contributed by atoms with Gasteiger partial charge in [-0.25, -0.2) is 9.69 Å². The Hall–Kier alpha value is -3.60. The first-order chi connectivity index (χ1) is 17.3. The molecule has 0 spiro atoms. The molecule has 3 rings (SSSR count). The number of anilines is 1. The molecule has 1 heterocycles. The number of alkyl halides is 3. The molecule has 12 heteroatoms. The SMILES string of the molecule is CCOC(=O)C1(C)CN(CC(=O)N(C(=O)N(C)C)c2ccc(C(F)(F)F)cc2)N=C1c1ccc(Cl)cc1. The maximum atomic E-state index is 13.3. The van der Waals surface area contributed by atoms with E-state index in [2.05, 4.69) is 5.10 Å². The minimum Gasteiger partial charge on any atom is -0.465 e. The number of esters is 1. The van der Waals surface area contributed by atoms with Crippen LogP contribution in [0.25, 0.3) is 0 Å². The van der Waals surface area contributed by atoms with Gasteiger partial charge in [-0.15, -0.1) is 0 Å². The van der Waals surface area contributed by atoms with E-state index in [9.17, 15) is 27.6 Å².